The van der Waals surface area contributed by atoms with Crippen LogP contribution >= 0.6 is 0 Å². The Balaban J connectivity index is 1.52. The van der Waals surface area contributed by atoms with Gasteiger partial charge in [-0.25, -0.2) is 0 Å². The van der Waals surface area contributed by atoms with E-state index in [2.05, 4.69) is 17.3 Å². The van der Waals surface area contributed by atoms with E-state index in [-0.39, 0.29) is 0 Å². The molecule has 1 saturated heterocycles. The molecule has 1 heterocycles. The minimum atomic E-state index is 0.774. The molecular formula is C12H24N2O. The monoisotopic (exact) mass is 212 g/mol. The highest BCUT2D eigenvalue weighted by molar-refractivity contribution is 4.76. The molecule has 0 aromatic heterocycles. The smallest absolute Gasteiger partial charge is 0.0593 e. The molecule has 1 N–H and O–H groups in total. The molecule has 0 amide bonds. The summed E-state index contributed by atoms with van der Waals surface area (Å²) in [5.74, 6) is 0.897. The van der Waals surface area contributed by atoms with Crippen LogP contribution in [0.15, 0.2) is 0 Å². The van der Waals surface area contributed by atoms with E-state index in [1.165, 1.54) is 38.8 Å². The molecule has 0 radical (unpaired) electrons. The van der Waals surface area contributed by atoms with Crippen molar-refractivity contribution < 1.29 is 4.74 Å². The third-order valence-electron chi connectivity index (χ3n) is 3.57. The molecule has 2 aliphatic rings. The zero-order valence-electron chi connectivity index (χ0n) is 9.87. The number of hydrogen-bond donors (Lipinski definition) is 1. The van der Waals surface area contributed by atoms with Gasteiger partial charge in [-0.2, -0.15) is 0 Å². The molecule has 0 aromatic carbocycles. The van der Waals surface area contributed by atoms with Crippen molar-refractivity contribution in [2.24, 2.45) is 5.92 Å². The number of nitrogens with zero attached hydrogens (tertiary/aromatic N) is 1. The lowest BCUT2D eigenvalue weighted by atomic mass is 10.1. The van der Waals surface area contributed by atoms with Gasteiger partial charge in [0.05, 0.1) is 6.61 Å². The maximum atomic E-state index is 5.66. The Hall–Kier alpha value is -0.120. The van der Waals surface area contributed by atoms with Crippen molar-refractivity contribution in [2.45, 2.75) is 31.7 Å². The topological polar surface area (TPSA) is 24.5 Å². The second-order valence-corrected chi connectivity index (χ2v) is 4.98. The van der Waals surface area contributed by atoms with E-state index in [1.54, 1.807) is 0 Å². The number of ether oxygens (including phenoxy) is 1. The standard InChI is InChI=1S/C12H24N2O/c1-14(12-4-6-13-7-5-12)8-9-15-10-11-2-3-11/h11-13H,2-10H2,1H3. The fourth-order valence-electron chi connectivity index (χ4n) is 2.17. The molecule has 15 heavy (non-hydrogen) atoms. The van der Waals surface area contributed by atoms with Crippen LogP contribution in [0.4, 0.5) is 0 Å². The zero-order chi connectivity index (χ0) is 10.5. The van der Waals surface area contributed by atoms with Crippen LogP contribution in [0.3, 0.4) is 0 Å². The minimum Gasteiger partial charge on any atom is -0.380 e. The Morgan fingerprint density at radius 1 is 1.20 bits per heavy atom. The number of nitrogens with one attached hydrogen (secondary N) is 1. The maximum absolute atomic E-state index is 5.66. The molecule has 1 aliphatic carbocycles. The van der Waals surface area contributed by atoms with E-state index in [0.29, 0.717) is 0 Å². The van der Waals surface area contributed by atoms with Gasteiger partial charge in [-0.05, 0) is 51.7 Å². The Labute approximate surface area is 93.2 Å². The highest BCUT2D eigenvalue weighted by Gasteiger charge is 2.21. The van der Waals surface area contributed by atoms with Gasteiger partial charge in [0.15, 0.2) is 0 Å². The van der Waals surface area contributed by atoms with Crippen LogP contribution in [0.5, 0.6) is 0 Å². The van der Waals surface area contributed by atoms with Crippen LogP contribution in [0.2, 0.25) is 0 Å². The molecule has 2 rings (SSSR count). The number of likely N-dealkylation sites (N-methyl/N-ethyl adjacent to an activating group) is 1. The summed E-state index contributed by atoms with van der Waals surface area (Å²) in [6, 6.07) is 0.774. The second-order valence-electron chi connectivity index (χ2n) is 4.98. The van der Waals surface area contributed by atoms with Gasteiger partial charge in [-0.3, -0.25) is 0 Å². The van der Waals surface area contributed by atoms with Crippen LogP contribution in [-0.4, -0.2) is 50.8 Å². The molecule has 88 valence electrons. The Morgan fingerprint density at radius 3 is 2.60 bits per heavy atom. The van der Waals surface area contributed by atoms with Crippen LogP contribution in [0, 0.1) is 5.92 Å². The summed E-state index contributed by atoms with van der Waals surface area (Å²) in [7, 11) is 2.23. The highest BCUT2D eigenvalue weighted by Crippen LogP contribution is 2.28. The average molecular weight is 212 g/mol. The van der Waals surface area contributed by atoms with Crippen molar-refractivity contribution in [2.75, 3.05) is 39.9 Å². The third kappa shape index (κ3) is 4.09. The first-order valence-electron chi connectivity index (χ1n) is 6.35. The predicted molar refractivity (Wildman–Crippen MR) is 62.1 cm³/mol. The molecule has 1 aliphatic heterocycles. The first-order chi connectivity index (χ1) is 7.36. The summed E-state index contributed by atoms with van der Waals surface area (Å²) in [6.07, 6.45) is 5.37. The molecule has 0 spiro atoms. The van der Waals surface area contributed by atoms with Gasteiger partial charge in [0.2, 0.25) is 0 Å². The Kier molecular flexibility index (Phi) is 4.42. The summed E-state index contributed by atoms with van der Waals surface area (Å²) in [4.78, 5) is 2.47. The molecular weight excluding hydrogens is 188 g/mol. The molecule has 3 nitrogen and oxygen atoms in total. The molecule has 0 aromatic rings. The van der Waals surface area contributed by atoms with Crippen LogP contribution < -0.4 is 5.32 Å². The predicted octanol–water partition coefficient (Wildman–Crippen LogP) is 1.10. The molecule has 0 bridgehead atoms. The summed E-state index contributed by atoms with van der Waals surface area (Å²) >= 11 is 0. The van der Waals surface area contributed by atoms with E-state index in [0.717, 1.165) is 31.7 Å². The van der Waals surface area contributed by atoms with Crippen molar-refractivity contribution in [3.8, 4) is 0 Å². The average Bonchev–Trinajstić information content (AvgIpc) is 3.09. The van der Waals surface area contributed by atoms with Crippen molar-refractivity contribution in [3.63, 3.8) is 0 Å². The fraction of sp³-hybridized carbons (Fsp3) is 1.00. The Bertz CT molecular complexity index is 176. The van der Waals surface area contributed by atoms with Gasteiger partial charge >= 0.3 is 0 Å². The van der Waals surface area contributed by atoms with Crippen LogP contribution in [-0.2, 0) is 4.74 Å². The summed E-state index contributed by atoms with van der Waals surface area (Å²) in [5, 5.41) is 3.40. The first kappa shape index (κ1) is 11.4. The molecule has 0 unspecified atom stereocenters. The third-order valence-corrected chi connectivity index (χ3v) is 3.57. The lowest BCUT2D eigenvalue weighted by Crippen LogP contribution is -2.42. The van der Waals surface area contributed by atoms with Crippen LogP contribution in [0.1, 0.15) is 25.7 Å². The maximum Gasteiger partial charge on any atom is 0.0593 e. The minimum absolute atomic E-state index is 0.774. The zero-order valence-corrected chi connectivity index (χ0v) is 9.87. The first-order valence-corrected chi connectivity index (χ1v) is 6.35. The van der Waals surface area contributed by atoms with Crippen molar-refractivity contribution in [3.05, 3.63) is 0 Å². The molecule has 0 atom stereocenters. The van der Waals surface area contributed by atoms with Gasteiger partial charge in [-0.1, -0.05) is 0 Å². The summed E-state index contributed by atoms with van der Waals surface area (Å²) in [5.41, 5.74) is 0. The van der Waals surface area contributed by atoms with Gasteiger partial charge < -0.3 is 15.0 Å². The highest BCUT2D eigenvalue weighted by atomic mass is 16.5. The van der Waals surface area contributed by atoms with Gasteiger partial charge in [0.25, 0.3) is 0 Å². The van der Waals surface area contributed by atoms with Crippen molar-refractivity contribution >= 4 is 0 Å². The van der Waals surface area contributed by atoms with Gasteiger partial charge in [-0.15, -0.1) is 0 Å². The number of piperidine rings is 1. The van der Waals surface area contributed by atoms with Gasteiger partial charge in [0.1, 0.15) is 0 Å². The molecule has 1 saturated carbocycles. The molecule has 3 heteroatoms. The van der Waals surface area contributed by atoms with Crippen LogP contribution in [0.25, 0.3) is 0 Å². The van der Waals surface area contributed by atoms with E-state index in [9.17, 15) is 0 Å². The fourth-order valence-corrected chi connectivity index (χ4v) is 2.17. The van der Waals surface area contributed by atoms with E-state index in [1.807, 2.05) is 0 Å². The van der Waals surface area contributed by atoms with Gasteiger partial charge in [0, 0.05) is 19.2 Å². The Morgan fingerprint density at radius 2 is 1.93 bits per heavy atom. The van der Waals surface area contributed by atoms with Crippen molar-refractivity contribution in [1.82, 2.24) is 10.2 Å². The summed E-state index contributed by atoms with van der Waals surface area (Å²) in [6.45, 7) is 5.37. The van der Waals surface area contributed by atoms with E-state index in [4.69, 9.17) is 4.74 Å². The normalized spacial score (nSPS) is 23.6. The largest absolute Gasteiger partial charge is 0.380 e. The second kappa shape index (κ2) is 5.83. The summed E-state index contributed by atoms with van der Waals surface area (Å²) < 4.78 is 5.66. The quantitative estimate of drug-likeness (QED) is 0.667. The lowest BCUT2D eigenvalue weighted by molar-refractivity contribution is 0.0853. The SMILES string of the molecule is CN(CCOCC1CC1)C1CCNCC1. The van der Waals surface area contributed by atoms with E-state index >= 15 is 0 Å². The lowest BCUT2D eigenvalue weighted by Gasteiger charge is -2.31. The van der Waals surface area contributed by atoms with Crippen molar-refractivity contribution in [1.29, 1.82) is 0 Å². The number of rotatable bonds is 6. The molecule has 2 fully saturated rings. The van der Waals surface area contributed by atoms with E-state index < -0.39 is 0 Å². The number of hydrogen-bond acceptors (Lipinski definition) is 3.